The van der Waals surface area contributed by atoms with Gasteiger partial charge in [0.05, 0.1) is 27.2 Å². The lowest BCUT2D eigenvalue weighted by Gasteiger charge is -2.14. The van der Waals surface area contributed by atoms with E-state index in [-0.39, 0.29) is 15.8 Å². The van der Waals surface area contributed by atoms with Gasteiger partial charge in [-0.1, -0.05) is 23.2 Å². The average Bonchev–Trinajstić information content (AvgIpc) is 2.43. The molecule has 2 aromatic carbocycles. The summed E-state index contributed by atoms with van der Waals surface area (Å²) >= 11 is 15.0. The quantitative estimate of drug-likeness (QED) is 0.563. The van der Waals surface area contributed by atoms with Crippen molar-refractivity contribution in [1.29, 1.82) is 0 Å². The lowest BCUT2D eigenvalue weighted by Crippen LogP contribution is -2.05. The molecule has 0 aliphatic rings. The molecule has 0 unspecified atom stereocenters. The van der Waals surface area contributed by atoms with Gasteiger partial charge in [-0.2, -0.15) is 13.2 Å². The maximum absolute atomic E-state index is 12.7. The fraction of sp³-hybridized carbons (Fsp3) is 0.143. The first-order valence-corrected chi connectivity index (χ1v) is 7.35. The van der Waals surface area contributed by atoms with Crippen molar-refractivity contribution < 1.29 is 22.6 Å². The van der Waals surface area contributed by atoms with Gasteiger partial charge in [0.25, 0.3) is 0 Å². The Balaban J connectivity index is 2.38. The van der Waals surface area contributed by atoms with E-state index in [1.54, 1.807) is 18.2 Å². The van der Waals surface area contributed by atoms with E-state index in [0.717, 1.165) is 12.1 Å². The zero-order valence-electron chi connectivity index (χ0n) is 11.0. The Morgan fingerprint density at radius 1 is 1.05 bits per heavy atom. The van der Waals surface area contributed by atoms with Gasteiger partial charge in [-0.15, -0.1) is 0 Å². The average molecular weight is 416 g/mol. The molecule has 8 heteroatoms. The van der Waals surface area contributed by atoms with Crippen LogP contribution >= 0.6 is 39.1 Å². The summed E-state index contributed by atoms with van der Waals surface area (Å²) in [5, 5.41) is -0.469. The second-order valence-corrected chi connectivity index (χ2v) is 5.83. The highest BCUT2D eigenvalue weighted by Gasteiger charge is 2.32. The molecule has 0 aromatic heterocycles. The van der Waals surface area contributed by atoms with Crippen LogP contribution < -0.4 is 9.47 Å². The van der Waals surface area contributed by atoms with Crippen molar-refractivity contribution >= 4 is 39.1 Å². The van der Waals surface area contributed by atoms with Crippen molar-refractivity contribution in [3.63, 3.8) is 0 Å². The van der Waals surface area contributed by atoms with Gasteiger partial charge in [-0.3, -0.25) is 0 Å². The molecule has 0 saturated carbocycles. The number of hydrogen-bond acceptors (Lipinski definition) is 2. The van der Waals surface area contributed by atoms with Crippen LogP contribution in [-0.2, 0) is 6.18 Å². The zero-order chi connectivity index (χ0) is 16.5. The van der Waals surface area contributed by atoms with E-state index >= 15 is 0 Å². The Morgan fingerprint density at radius 2 is 1.64 bits per heavy atom. The normalized spacial score (nSPS) is 11.4. The van der Waals surface area contributed by atoms with E-state index < -0.39 is 11.7 Å². The van der Waals surface area contributed by atoms with Crippen LogP contribution in [0.4, 0.5) is 13.2 Å². The van der Waals surface area contributed by atoms with Crippen molar-refractivity contribution in [2.45, 2.75) is 6.18 Å². The van der Waals surface area contributed by atoms with E-state index in [4.69, 9.17) is 32.7 Å². The number of methoxy groups -OCH3 is 1. The highest BCUT2D eigenvalue weighted by atomic mass is 79.9. The molecule has 118 valence electrons. The van der Waals surface area contributed by atoms with Gasteiger partial charge in [0.2, 0.25) is 0 Å². The Bertz CT molecular complexity index is 682. The summed E-state index contributed by atoms with van der Waals surface area (Å²) in [4.78, 5) is 0. The van der Waals surface area contributed by atoms with Gasteiger partial charge < -0.3 is 9.47 Å². The molecule has 0 radical (unpaired) electrons. The molecule has 0 amide bonds. The summed E-state index contributed by atoms with van der Waals surface area (Å²) in [7, 11) is 1.47. The van der Waals surface area contributed by atoms with Crippen molar-refractivity contribution in [3.8, 4) is 17.2 Å². The Kier molecular flexibility index (Phi) is 5.14. The fourth-order valence-corrected chi connectivity index (χ4v) is 2.62. The molecule has 2 aromatic rings. The summed E-state index contributed by atoms with van der Waals surface area (Å²) in [6.07, 6.45) is -4.54. The molecule has 0 spiro atoms. The Hall–Kier alpha value is -1.11. The monoisotopic (exact) mass is 414 g/mol. The maximum Gasteiger partial charge on any atom is 0.416 e. The third-order valence-electron chi connectivity index (χ3n) is 2.67. The number of hydrogen-bond donors (Lipinski definition) is 0. The highest BCUT2D eigenvalue weighted by molar-refractivity contribution is 9.10. The second kappa shape index (κ2) is 6.56. The molecule has 2 rings (SSSR count). The van der Waals surface area contributed by atoms with E-state index in [0.29, 0.717) is 16.0 Å². The molecular formula is C14H8BrCl2F3O2. The van der Waals surface area contributed by atoms with Crippen LogP contribution in [0.1, 0.15) is 5.56 Å². The van der Waals surface area contributed by atoms with Gasteiger partial charge in [0.15, 0.2) is 5.75 Å². The van der Waals surface area contributed by atoms with E-state index in [1.807, 2.05) is 0 Å². The van der Waals surface area contributed by atoms with E-state index in [9.17, 15) is 13.2 Å². The summed E-state index contributed by atoms with van der Waals surface area (Å²) in [5.41, 5.74) is -0.941. The first kappa shape index (κ1) is 17.2. The minimum Gasteiger partial charge on any atom is -0.495 e. The standard InChI is InChI=1S/C14H8BrCl2F3O2/c1-21-12-6-8(2-3-9(12)15)22-13-10(16)4-7(5-11(13)17)14(18,19)20/h2-6H,1H3. The number of rotatable bonds is 3. The summed E-state index contributed by atoms with van der Waals surface area (Å²) in [6.45, 7) is 0. The summed E-state index contributed by atoms with van der Waals surface area (Å²) < 4.78 is 49.3. The number of alkyl halides is 3. The number of ether oxygens (including phenoxy) is 2. The minimum absolute atomic E-state index is 0.0549. The molecule has 0 N–H and O–H groups in total. The van der Waals surface area contributed by atoms with Gasteiger partial charge in [0, 0.05) is 6.07 Å². The predicted octanol–water partition coefficient (Wildman–Crippen LogP) is 6.58. The van der Waals surface area contributed by atoms with Gasteiger partial charge in [-0.25, -0.2) is 0 Å². The summed E-state index contributed by atoms with van der Waals surface area (Å²) in [5.74, 6) is 0.765. The first-order valence-electron chi connectivity index (χ1n) is 5.80. The van der Waals surface area contributed by atoms with Crippen LogP contribution in [0.5, 0.6) is 17.2 Å². The SMILES string of the molecule is COc1cc(Oc2c(Cl)cc(C(F)(F)F)cc2Cl)ccc1Br. The molecule has 0 saturated heterocycles. The lowest BCUT2D eigenvalue weighted by atomic mass is 10.2. The molecule has 0 aliphatic heterocycles. The fourth-order valence-electron chi connectivity index (χ4n) is 1.64. The van der Waals surface area contributed by atoms with Gasteiger partial charge >= 0.3 is 6.18 Å². The molecule has 0 aliphatic carbocycles. The first-order chi connectivity index (χ1) is 10.2. The topological polar surface area (TPSA) is 18.5 Å². The highest BCUT2D eigenvalue weighted by Crippen LogP contribution is 2.42. The largest absolute Gasteiger partial charge is 0.495 e. The summed E-state index contributed by atoms with van der Waals surface area (Å²) in [6, 6.07) is 6.34. The van der Waals surface area contributed by atoms with Crippen LogP contribution in [0.15, 0.2) is 34.8 Å². The molecular weight excluding hydrogens is 408 g/mol. The van der Waals surface area contributed by atoms with Crippen LogP contribution in [0.3, 0.4) is 0 Å². The third-order valence-corrected chi connectivity index (χ3v) is 3.88. The molecule has 0 bridgehead atoms. The molecule has 22 heavy (non-hydrogen) atoms. The minimum atomic E-state index is -4.54. The van der Waals surface area contributed by atoms with Gasteiger partial charge in [0.1, 0.15) is 11.5 Å². The molecule has 2 nitrogen and oxygen atoms in total. The Labute approximate surface area is 142 Å². The van der Waals surface area contributed by atoms with Crippen LogP contribution in [0, 0.1) is 0 Å². The third kappa shape index (κ3) is 3.80. The van der Waals surface area contributed by atoms with Crippen molar-refractivity contribution in [1.82, 2.24) is 0 Å². The maximum atomic E-state index is 12.7. The zero-order valence-corrected chi connectivity index (χ0v) is 14.1. The Morgan fingerprint density at radius 3 is 2.14 bits per heavy atom. The lowest BCUT2D eigenvalue weighted by molar-refractivity contribution is -0.137. The smallest absolute Gasteiger partial charge is 0.416 e. The molecule has 0 heterocycles. The van der Waals surface area contributed by atoms with E-state index in [1.165, 1.54) is 7.11 Å². The van der Waals surface area contributed by atoms with Gasteiger partial charge in [-0.05, 0) is 40.2 Å². The van der Waals surface area contributed by atoms with Crippen LogP contribution in [-0.4, -0.2) is 7.11 Å². The van der Waals surface area contributed by atoms with Crippen molar-refractivity contribution in [2.24, 2.45) is 0 Å². The van der Waals surface area contributed by atoms with Crippen molar-refractivity contribution in [2.75, 3.05) is 7.11 Å². The number of benzene rings is 2. The molecule has 0 atom stereocenters. The number of halogens is 6. The molecule has 0 fully saturated rings. The van der Waals surface area contributed by atoms with Crippen LogP contribution in [0.25, 0.3) is 0 Å². The van der Waals surface area contributed by atoms with Crippen LogP contribution in [0.2, 0.25) is 10.0 Å². The van der Waals surface area contributed by atoms with E-state index in [2.05, 4.69) is 15.9 Å². The van der Waals surface area contributed by atoms with Crippen molar-refractivity contribution in [3.05, 3.63) is 50.4 Å². The second-order valence-electron chi connectivity index (χ2n) is 4.17. The predicted molar refractivity (Wildman–Crippen MR) is 82.2 cm³/mol.